The van der Waals surface area contributed by atoms with E-state index in [1.807, 2.05) is 18.2 Å². The first-order chi connectivity index (χ1) is 6.74. The Morgan fingerprint density at radius 1 is 1.57 bits per heavy atom. The van der Waals surface area contributed by atoms with Gasteiger partial charge in [0.15, 0.2) is 0 Å². The van der Waals surface area contributed by atoms with Crippen molar-refractivity contribution in [2.24, 2.45) is 0 Å². The van der Waals surface area contributed by atoms with Crippen LogP contribution in [-0.4, -0.2) is 23.5 Å². The summed E-state index contributed by atoms with van der Waals surface area (Å²) >= 11 is 3.29. The average Bonchev–Trinajstić information content (AvgIpc) is 2.51. The molecule has 2 rings (SSSR count). The minimum atomic E-state index is 0.0949. The fraction of sp³-hybridized carbons (Fsp3) is 0.333. The Morgan fingerprint density at radius 3 is 3.07 bits per heavy atom. The molecule has 1 fully saturated rings. The molecule has 0 radical (unpaired) electrons. The van der Waals surface area contributed by atoms with Crippen molar-refractivity contribution in [3.63, 3.8) is 0 Å². The summed E-state index contributed by atoms with van der Waals surface area (Å²) in [4.78, 5) is 15.2. The van der Waals surface area contributed by atoms with Gasteiger partial charge in [-0.25, -0.2) is 4.98 Å². The van der Waals surface area contributed by atoms with Crippen molar-refractivity contribution in [3.05, 3.63) is 22.8 Å². The molecule has 74 valence electrons. The molecule has 2 N–H and O–H groups in total. The van der Waals surface area contributed by atoms with Crippen molar-refractivity contribution < 1.29 is 4.79 Å². The first-order valence-corrected chi connectivity index (χ1v) is 5.19. The van der Waals surface area contributed by atoms with E-state index in [0.29, 0.717) is 13.0 Å². The van der Waals surface area contributed by atoms with Crippen LogP contribution in [0, 0.1) is 0 Å². The van der Waals surface area contributed by atoms with Crippen LogP contribution < -0.4 is 10.6 Å². The lowest BCUT2D eigenvalue weighted by Crippen LogP contribution is -2.22. The molecule has 2 heterocycles. The molecule has 0 spiro atoms. The van der Waals surface area contributed by atoms with Crippen LogP contribution in [0.15, 0.2) is 22.8 Å². The average molecular weight is 256 g/mol. The highest BCUT2D eigenvalue weighted by atomic mass is 79.9. The molecule has 1 aromatic rings. The Morgan fingerprint density at radius 2 is 2.43 bits per heavy atom. The lowest BCUT2D eigenvalue weighted by Gasteiger charge is -2.10. The van der Waals surface area contributed by atoms with E-state index in [0.717, 1.165) is 10.4 Å². The topological polar surface area (TPSA) is 54.0 Å². The lowest BCUT2D eigenvalue weighted by atomic mass is 10.2. The highest BCUT2D eigenvalue weighted by Gasteiger charge is 2.21. The quantitative estimate of drug-likeness (QED) is 0.780. The third-order valence-corrected chi connectivity index (χ3v) is 2.49. The number of hydrogen-bond donors (Lipinski definition) is 2. The van der Waals surface area contributed by atoms with Crippen LogP contribution in [0.3, 0.4) is 0 Å². The van der Waals surface area contributed by atoms with Gasteiger partial charge in [0.05, 0.1) is 6.04 Å². The van der Waals surface area contributed by atoms with Gasteiger partial charge < -0.3 is 10.6 Å². The van der Waals surface area contributed by atoms with Gasteiger partial charge in [-0.1, -0.05) is 6.07 Å². The van der Waals surface area contributed by atoms with Gasteiger partial charge in [-0.2, -0.15) is 0 Å². The Hall–Kier alpha value is -1.10. The van der Waals surface area contributed by atoms with Crippen molar-refractivity contribution >= 4 is 27.7 Å². The predicted octanol–water partition coefficient (Wildman–Crippen LogP) is 1.14. The zero-order valence-electron chi connectivity index (χ0n) is 7.46. The molecule has 1 amide bonds. The molecule has 0 aromatic carbocycles. The van der Waals surface area contributed by atoms with E-state index in [1.165, 1.54) is 0 Å². The second kappa shape index (κ2) is 3.96. The van der Waals surface area contributed by atoms with E-state index < -0.39 is 0 Å². The largest absolute Gasteiger partial charge is 0.365 e. The van der Waals surface area contributed by atoms with Crippen LogP contribution in [0.1, 0.15) is 6.42 Å². The summed E-state index contributed by atoms with van der Waals surface area (Å²) < 4.78 is 0.791. The Balaban J connectivity index is 2.00. The molecule has 5 heteroatoms. The van der Waals surface area contributed by atoms with Crippen molar-refractivity contribution in [3.8, 4) is 0 Å². The number of nitrogens with zero attached hydrogens (tertiary/aromatic N) is 1. The molecule has 0 saturated carbocycles. The molecule has 0 bridgehead atoms. The summed E-state index contributed by atoms with van der Waals surface area (Å²) in [6, 6.07) is 5.81. The molecular weight excluding hydrogens is 246 g/mol. The first-order valence-electron chi connectivity index (χ1n) is 4.40. The Labute approximate surface area is 90.2 Å². The van der Waals surface area contributed by atoms with Gasteiger partial charge >= 0.3 is 0 Å². The minimum absolute atomic E-state index is 0.0949. The van der Waals surface area contributed by atoms with Gasteiger partial charge in [-0.15, -0.1) is 0 Å². The van der Waals surface area contributed by atoms with E-state index in [9.17, 15) is 4.79 Å². The van der Waals surface area contributed by atoms with Crippen molar-refractivity contribution in [2.75, 3.05) is 11.9 Å². The van der Waals surface area contributed by atoms with Crippen LogP contribution in [-0.2, 0) is 4.79 Å². The smallest absolute Gasteiger partial charge is 0.222 e. The van der Waals surface area contributed by atoms with Gasteiger partial charge in [0.25, 0.3) is 0 Å². The van der Waals surface area contributed by atoms with Crippen LogP contribution in [0.2, 0.25) is 0 Å². The van der Waals surface area contributed by atoms with E-state index >= 15 is 0 Å². The summed E-state index contributed by atoms with van der Waals surface area (Å²) in [7, 11) is 0. The summed E-state index contributed by atoms with van der Waals surface area (Å²) in [6.45, 7) is 0.674. The van der Waals surface area contributed by atoms with Gasteiger partial charge in [-0.05, 0) is 28.1 Å². The van der Waals surface area contributed by atoms with Crippen LogP contribution in [0.4, 0.5) is 5.82 Å². The van der Waals surface area contributed by atoms with Crippen molar-refractivity contribution in [1.82, 2.24) is 10.3 Å². The van der Waals surface area contributed by atoms with E-state index in [4.69, 9.17) is 0 Å². The standard InChI is InChI=1S/C9H10BrN3O/c10-7-2-1-3-8(13-7)12-6-4-9(14)11-5-6/h1-3,6H,4-5H2,(H,11,14)(H,12,13). The maximum Gasteiger partial charge on any atom is 0.222 e. The minimum Gasteiger partial charge on any atom is -0.365 e. The van der Waals surface area contributed by atoms with Crippen LogP contribution in [0.5, 0.6) is 0 Å². The Bertz CT molecular complexity index is 356. The fourth-order valence-electron chi connectivity index (χ4n) is 1.41. The number of aromatic nitrogens is 1. The molecular formula is C9H10BrN3O. The maximum atomic E-state index is 10.9. The van der Waals surface area contributed by atoms with Crippen molar-refractivity contribution in [2.45, 2.75) is 12.5 Å². The number of hydrogen-bond acceptors (Lipinski definition) is 3. The lowest BCUT2D eigenvalue weighted by molar-refractivity contribution is -0.119. The third-order valence-electron chi connectivity index (χ3n) is 2.04. The monoisotopic (exact) mass is 255 g/mol. The highest BCUT2D eigenvalue weighted by molar-refractivity contribution is 9.10. The zero-order valence-corrected chi connectivity index (χ0v) is 9.04. The Kier molecular flexibility index (Phi) is 2.67. The SMILES string of the molecule is O=C1CC(Nc2cccc(Br)n2)CN1. The van der Waals surface area contributed by atoms with Gasteiger partial charge in [-0.3, -0.25) is 4.79 Å². The molecule has 4 nitrogen and oxygen atoms in total. The predicted molar refractivity (Wildman–Crippen MR) is 57.0 cm³/mol. The molecule has 1 atom stereocenters. The van der Waals surface area contributed by atoms with Gasteiger partial charge in [0, 0.05) is 13.0 Å². The molecule has 0 aliphatic carbocycles. The zero-order chi connectivity index (χ0) is 9.97. The maximum absolute atomic E-state index is 10.9. The van der Waals surface area contributed by atoms with E-state index in [2.05, 4.69) is 31.5 Å². The molecule has 1 saturated heterocycles. The summed E-state index contributed by atoms with van der Waals surface area (Å²) in [5.41, 5.74) is 0. The summed E-state index contributed by atoms with van der Waals surface area (Å²) in [6.07, 6.45) is 0.522. The van der Waals surface area contributed by atoms with Gasteiger partial charge in [0.2, 0.25) is 5.91 Å². The number of carbonyl (C=O) groups is 1. The molecule has 1 aromatic heterocycles. The van der Waals surface area contributed by atoms with E-state index in [1.54, 1.807) is 0 Å². The number of carbonyl (C=O) groups excluding carboxylic acids is 1. The van der Waals surface area contributed by atoms with Crippen LogP contribution in [0.25, 0.3) is 0 Å². The normalized spacial score (nSPS) is 20.6. The molecule has 14 heavy (non-hydrogen) atoms. The number of amides is 1. The molecule has 1 unspecified atom stereocenters. The highest BCUT2D eigenvalue weighted by Crippen LogP contribution is 2.13. The second-order valence-corrected chi connectivity index (χ2v) is 4.01. The van der Waals surface area contributed by atoms with Crippen molar-refractivity contribution in [1.29, 1.82) is 0 Å². The molecule has 1 aliphatic heterocycles. The second-order valence-electron chi connectivity index (χ2n) is 3.20. The number of pyridine rings is 1. The number of rotatable bonds is 2. The fourth-order valence-corrected chi connectivity index (χ4v) is 1.75. The number of halogens is 1. The third kappa shape index (κ3) is 2.23. The number of anilines is 1. The summed E-state index contributed by atoms with van der Waals surface area (Å²) in [5, 5.41) is 5.95. The number of nitrogens with one attached hydrogen (secondary N) is 2. The van der Waals surface area contributed by atoms with Crippen LogP contribution >= 0.6 is 15.9 Å². The summed E-state index contributed by atoms with van der Waals surface area (Å²) in [5.74, 6) is 0.887. The van der Waals surface area contributed by atoms with E-state index in [-0.39, 0.29) is 11.9 Å². The molecule has 1 aliphatic rings. The first kappa shape index (κ1) is 9.45. The van der Waals surface area contributed by atoms with Gasteiger partial charge in [0.1, 0.15) is 10.4 Å².